The number of aryl methyl sites for hydroxylation is 1. The number of rotatable bonds is 3. The highest BCUT2D eigenvalue weighted by molar-refractivity contribution is 6.09. The van der Waals surface area contributed by atoms with Gasteiger partial charge in [-0.1, -0.05) is 12.1 Å². The molecule has 0 saturated carbocycles. The highest BCUT2D eigenvalue weighted by atomic mass is 16.5. The van der Waals surface area contributed by atoms with E-state index in [0.717, 1.165) is 11.3 Å². The first-order chi connectivity index (χ1) is 9.52. The van der Waals surface area contributed by atoms with Crippen LogP contribution in [0.2, 0.25) is 0 Å². The van der Waals surface area contributed by atoms with E-state index >= 15 is 0 Å². The van der Waals surface area contributed by atoms with Gasteiger partial charge in [-0.25, -0.2) is 0 Å². The van der Waals surface area contributed by atoms with Crippen molar-refractivity contribution in [2.45, 2.75) is 6.92 Å². The van der Waals surface area contributed by atoms with E-state index in [-0.39, 0.29) is 5.91 Å². The Bertz CT molecular complexity index is 638. The van der Waals surface area contributed by atoms with Crippen LogP contribution in [0.4, 0.5) is 11.4 Å². The summed E-state index contributed by atoms with van der Waals surface area (Å²) in [4.78, 5) is 14.0. The third-order valence-corrected chi connectivity index (χ3v) is 3.18. The molecule has 0 aliphatic heterocycles. The molecule has 0 aliphatic rings. The molecular formula is C16H18N2O2. The molecule has 0 atom stereocenters. The zero-order valence-electron chi connectivity index (χ0n) is 11.9. The molecule has 104 valence electrons. The second-order valence-electron chi connectivity index (χ2n) is 4.66. The predicted octanol–water partition coefficient (Wildman–Crippen LogP) is 2.86. The minimum atomic E-state index is -0.143. The van der Waals surface area contributed by atoms with E-state index in [1.165, 1.54) is 0 Å². The first-order valence-electron chi connectivity index (χ1n) is 6.31. The second-order valence-corrected chi connectivity index (χ2v) is 4.66. The van der Waals surface area contributed by atoms with Crippen molar-refractivity contribution in [3.63, 3.8) is 0 Å². The number of benzene rings is 2. The van der Waals surface area contributed by atoms with Crippen LogP contribution in [0.25, 0.3) is 0 Å². The van der Waals surface area contributed by atoms with Gasteiger partial charge in [-0.3, -0.25) is 4.79 Å². The summed E-state index contributed by atoms with van der Waals surface area (Å²) in [5, 5.41) is 0. The molecule has 1 amide bonds. The summed E-state index contributed by atoms with van der Waals surface area (Å²) in [6.07, 6.45) is 0. The number of hydrogen-bond acceptors (Lipinski definition) is 3. The summed E-state index contributed by atoms with van der Waals surface area (Å²) in [5.41, 5.74) is 8.70. The molecule has 0 heterocycles. The summed E-state index contributed by atoms with van der Waals surface area (Å²) in [6, 6.07) is 12.8. The zero-order chi connectivity index (χ0) is 14.7. The summed E-state index contributed by atoms with van der Waals surface area (Å²) >= 11 is 0. The molecular weight excluding hydrogens is 252 g/mol. The Morgan fingerprint density at radius 1 is 1.20 bits per heavy atom. The Hall–Kier alpha value is -2.49. The van der Waals surface area contributed by atoms with Crippen LogP contribution < -0.4 is 15.4 Å². The van der Waals surface area contributed by atoms with Crippen molar-refractivity contribution in [2.75, 3.05) is 24.8 Å². The molecule has 0 spiro atoms. The summed E-state index contributed by atoms with van der Waals surface area (Å²) in [6.45, 7) is 1.94. The van der Waals surface area contributed by atoms with Crippen LogP contribution in [0.15, 0.2) is 42.5 Å². The van der Waals surface area contributed by atoms with Crippen LogP contribution in [0.3, 0.4) is 0 Å². The van der Waals surface area contributed by atoms with Crippen LogP contribution in [-0.4, -0.2) is 20.1 Å². The topological polar surface area (TPSA) is 55.6 Å². The van der Waals surface area contributed by atoms with E-state index in [4.69, 9.17) is 10.5 Å². The van der Waals surface area contributed by atoms with Crippen molar-refractivity contribution in [1.82, 2.24) is 0 Å². The molecule has 0 fully saturated rings. The van der Waals surface area contributed by atoms with Crippen LogP contribution >= 0.6 is 0 Å². The minimum Gasteiger partial charge on any atom is -0.497 e. The smallest absolute Gasteiger partial charge is 0.260 e. The van der Waals surface area contributed by atoms with Gasteiger partial charge in [0.05, 0.1) is 12.7 Å². The van der Waals surface area contributed by atoms with Gasteiger partial charge in [-0.2, -0.15) is 0 Å². The molecule has 2 aromatic rings. The number of hydrogen-bond donors (Lipinski definition) is 1. The molecule has 2 rings (SSSR count). The summed E-state index contributed by atoms with van der Waals surface area (Å²) in [5.74, 6) is 0.565. The first kappa shape index (κ1) is 13.9. The number of ether oxygens (including phenoxy) is 1. The number of amides is 1. The lowest BCUT2D eigenvalue weighted by atomic mass is 10.1. The molecule has 2 N–H and O–H groups in total. The lowest BCUT2D eigenvalue weighted by Gasteiger charge is -2.19. The highest BCUT2D eigenvalue weighted by Crippen LogP contribution is 2.23. The van der Waals surface area contributed by atoms with E-state index < -0.39 is 0 Å². The molecule has 0 saturated heterocycles. The van der Waals surface area contributed by atoms with E-state index in [9.17, 15) is 4.79 Å². The maximum atomic E-state index is 12.5. The Balaban J connectivity index is 2.32. The Morgan fingerprint density at radius 2 is 1.95 bits per heavy atom. The molecule has 0 aliphatic carbocycles. The number of anilines is 2. The fourth-order valence-electron chi connectivity index (χ4n) is 1.99. The Kier molecular flexibility index (Phi) is 3.94. The van der Waals surface area contributed by atoms with Gasteiger partial charge in [-0.15, -0.1) is 0 Å². The van der Waals surface area contributed by atoms with E-state index in [0.29, 0.717) is 17.0 Å². The summed E-state index contributed by atoms with van der Waals surface area (Å²) in [7, 11) is 3.31. The van der Waals surface area contributed by atoms with Gasteiger partial charge in [-0.05, 0) is 36.8 Å². The van der Waals surface area contributed by atoms with Gasteiger partial charge in [0.2, 0.25) is 0 Å². The molecule has 2 aromatic carbocycles. The van der Waals surface area contributed by atoms with Crippen molar-refractivity contribution in [1.29, 1.82) is 0 Å². The van der Waals surface area contributed by atoms with Crippen molar-refractivity contribution in [3.05, 3.63) is 53.6 Å². The standard InChI is InChI=1S/C16H18N2O2/c1-11-7-8-14(15(17)9-11)16(19)18(2)12-5-4-6-13(10-12)20-3/h4-10H,17H2,1-3H3. The van der Waals surface area contributed by atoms with Gasteiger partial charge in [0, 0.05) is 24.5 Å². The third kappa shape index (κ3) is 2.74. The minimum absolute atomic E-state index is 0.143. The number of carbonyl (C=O) groups excluding carboxylic acids is 1. The third-order valence-electron chi connectivity index (χ3n) is 3.18. The van der Waals surface area contributed by atoms with Crippen molar-refractivity contribution < 1.29 is 9.53 Å². The number of methoxy groups -OCH3 is 1. The average Bonchev–Trinajstić information content (AvgIpc) is 2.46. The lowest BCUT2D eigenvalue weighted by molar-refractivity contribution is 0.0994. The second kappa shape index (κ2) is 5.65. The zero-order valence-corrected chi connectivity index (χ0v) is 11.9. The number of nitrogen functional groups attached to an aromatic ring is 1. The number of nitrogens with zero attached hydrogens (tertiary/aromatic N) is 1. The largest absolute Gasteiger partial charge is 0.497 e. The summed E-state index contributed by atoms with van der Waals surface area (Å²) < 4.78 is 5.17. The van der Waals surface area contributed by atoms with Crippen LogP contribution in [0.1, 0.15) is 15.9 Å². The molecule has 0 unspecified atom stereocenters. The average molecular weight is 270 g/mol. The van der Waals surface area contributed by atoms with Crippen molar-refractivity contribution in [2.24, 2.45) is 0 Å². The van der Waals surface area contributed by atoms with E-state index in [1.807, 2.05) is 37.3 Å². The van der Waals surface area contributed by atoms with Gasteiger partial charge < -0.3 is 15.4 Å². The lowest BCUT2D eigenvalue weighted by Crippen LogP contribution is -2.27. The maximum absolute atomic E-state index is 12.5. The molecule has 4 nitrogen and oxygen atoms in total. The van der Waals surface area contributed by atoms with Crippen molar-refractivity contribution >= 4 is 17.3 Å². The van der Waals surface area contributed by atoms with Crippen LogP contribution in [0, 0.1) is 6.92 Å². The Morgan fingerprint density at radius 3 is 2.60 bits per heavy atom. The monoisotopic (exact) mass is 270 g/mol. The predicted molar refractivity (Wildman–Crippen MR) is 81.3 cm³/mol. The van der Waals surface area contributed by atoms with Gasteiger partial charge in [0.15, 0.2) is 0 Å². The SMILES string of the molecule is COc1cccc(N(C)C(=O)c2ccc(C)cc2N)c1. The fourth-order valence-corrected chi connectivity index (χ4v) is 1.99. The quantitative estimate of drug-likeness (QED) is 0.872. The number of carbonyl (C=O) groups is 1. The first-order valence-corrected chi connectivity index (χ1v) is 6.31. The highest BCUT2D eigenvalue weighted by Gasteiger charge is 2.16. The number of nitrogens with two attached hydrogens (primary N) is 1. The molecule has 0 bridgehead atoms. The Labute approximate surface area is 118 Å². The molecule has 0 aromatic heterocycles. The van der Waals surface area contributed by atoms with Crippen LogP contribution in [-0.2, 0) is 0 Å². The molecule has 0 radical (unpaired) electrons. The van der Waals surface area contributed by atoms with Gasteiger partial charge >= 0.3 is 0 Å². The van der Waals surface area contributed by atoms with Crippen molar-refractivity contribution in [3.8, 4) is 5.75 Å². The maximum Gasteiger partial charge on any atom is 0.260 e. The van der Waals surface area contributed by atoms with Crippen LogP contribution in [0.5, 0.6) is 5.75 Å². The normalized spacial score (nSPS) is 10.2. The van der Waals surface area contributed by atoms with E-state index in [1.54, 1.807) is 31.2 Å². The van der Waals surface area contributed by atoms with Gasteiger partial charge in [0.1, 0.15) is 5.75 Å². The van der Waals surface area contributed by atoms with Gasteiger partial charge in [0.25, 0.3) is 5.91 Å². The molecule has 4 heteroatoms. The molecule has 20 heavy (non-hydrogen) atoms. The van der Waals surface area contributed by atoms with E-state index in [2.05, 4.69) is 0 Å². The fraction of sp³-hybridized carbons (Fsp3) is 0.188.